The molecule has 0 bridgehead atoms. The van der Waals surface area contributed by atoms with Crippen LogP contribution in [-0.4, -0.2) is 25.0 Å². The van der Waals surface area contributed by atoms with Crippen LogP contribution in [0.1, 0.15) is 36.8 Å². The summed E-state index contributed by atoms with van der Waals surface area (Å²) >= 11 is 1.46. The standard InChI is InChI=1S/C13H19N3OS/c1-8-10(13(2,3)4)9(7-14)11(18-8)15-12(17)16(5)6/h1-6H3,(H,15,17). The van der Waals surface area contributed by atoms with Crippen LogP contribution in [0.25, 0.3) is 0 Å². The molecule has 98 valence electrons. The van der Waals surface area contributed by atoms with Gasteiger partial charge in [0.25, 0.3) is 0 Å². The van der Waals surface area contributed by atoms with Crippen molar-refractivity contribution in [2.24, 2.45) is 0 Å². The fraction of sp³-hybridized carbons (Fsp3) is 0.538. The van der Waals surface area contributed by atoms with Gasteiger partial charge in [-0.1, -0.05) is 20.8 Å². The molecule has 0 aliphatic carbocycles. The first-order valence-electron chi connectivity index (χ1n) is 5.70. The van der Waals surface area contributed by atoms with Crippen molar-refractivity contribution in [1.82, 2.24) is 4.90 Å². The van der Waals surface area contributed by atoms with Crippen LogP contribution in [0.5, 0.6) is 0 Å². The lowest BCUT2D eigenvalue weighted by atomic mass is 9.84. The van der Waals surface area contributed by atoms with Crippen molar-refractivity contribution in [1.29, 1.82) is 5.26 Å². The van der Waals surface area contributed by atoms with E-state index < -0.39 is 0 Å². The summed E-state index contributed by atoms with van der Waals surface area (Å²) in [6.07, 6.45) is 0. The number of hydrogen-bond donors (Lipinski definition) is 1. The average molecular weight is 265 g/mol. The molecule has 0 saturated carbocycles. The first kappa shape index (κ1) is 14.5. The summed E-state index contributed by atoms with van der Waals surface area (Å²) < 4.78 is 0. The van der Waals surface area contributed by atoms with Crippen molar-refractivity contribution in [3.63, 3.8) is 0 Å². The number of hydrogen-bond acceptors (Lipinski definition) is 3. The number of urea groups is 1. The molecule has 0 radical (unpaired) electrons. The Morgan fingerprint density at radius 3 is 2.33 bits per heavy atom. The van der Waals surface area contributed by atoms with Crippen LogP contribution in [0.2, 0.25) is 0 Å². The third-order valence-corrected chi connectivity index (χ3v) is 3.59. The number of amides is 2. The van der Waals surface area contributed by atoms with Gasteiger partial charge in [0.15, 0.2) is 0 Å². The number of carbonyl (C=O) groups excluding carboxylic acids is 1. The number of nitrogens with zero attached hydrogens (tertiary/aromatic N) is 2. The summed E-state index contributed by atoms with van der Waals surface area (Å²) in [6.45, 7) is 8.19. The van der Waals surface area contributed by atoms with E-state index in [0.29, 0.717) is 10.6 Å². The molecule has 1 aromatic heterocycles. The van der Waals surface area contributed by atoms with Gasteiger partial charge in [-0.2, -0.15) is 5.26 Å². The maximum Gasteiger partial charge on any atom is 0.321 e. The first-order valence-corrected chi connectivity index (χ1v) is 6.52. The molecule has 0 saturated heterocycles. The Balaban J connectivity index is 3.25. The van der Waals surface area contributed by atoms with Crippen molar-refractivity contribution in [3.05, 3.63) is 16.0 Å². The van der Waals surface area contributed by atoms with Crippen LogP contribution in [0.15, 0.2) is 0 Å². The monoisotopic (exact) mass is 265 g/mol. The van der Waals surface area contributed by atoms with E-state index in [1.807, 2.05) is 6.92 Å². The number of nitriles is 1. The summed E-state index contributed by atoms with van der Waals surface area (Å²) in [4.78, 5) is 14.2. The Labute approximate surface area is 112 Å². The second kappa shape index (κ2) is 4.99. The lowest BCUT2D eigenvalue weighted by Gasteiger charge is -2.19. The van der Waals surface area contributed by atoms with Crippen LogP contribution in [-0.2, 0) is 5.41 Å². The molecule has 1 N–H and O–H groups in total. The zero-order valence-corrected chi connectivity index (χ0v) is 12.5. The topological polar surface area (TPSA) is 56.1 Å². The Morgan fingerprint density at radius 1 is 1.39 bits per heavy atom. The fourth-order valence-corrected chi connectivity index (χ4v) is 3.06. The van der Waals surface area contributed by atoms with Crippen LogP contribution in [0.3, 0.4) is 0 Å². The molecule has 5 heteroatoms. The SMILES string of the molecule is Cc1sc(NC(=O)N(C)C)c(C#N)c1C(C)(C)C. The maximum absolute atomic E-state index is 11.7. The zero-order chi connectivity index (χ0) is 14.1. The second-order valence-electron chi connectivity index (χ2n) is 5.42. The molecule has 0 unspecified atom stereocenters. The highest BCUT2D eigenvalue weighted by Crippen LogP contribution is 2.39. The maximum atomic E-state index is 11.7. The van der Waals surface area contributed by atoms with Crippen molar-refractivity contribution in [2.45, 2.75) is 33.1 Å². The van der Waals surface area contributed by atoms with E-state index in [1.165, 1.54) is 16.2 Å². The average Bonchev–Trinajstić information content (AvgIpc) is 2.53. The number of anilines is 1. The summed E-state index contributed by atoms with van der Waals surface area (Å²) in [5.41, 5.74) is 1.50. The molecule has 0 spiro atoms. The van der Waals surface area contributed by atoms with Crippen molar-refractivity contribution >= 4 is 22.4 Å². The highest BCUT2D eigenvalue weighted by Gasteiger charge is 2.26. The third-order valence-electron chi connectivity index (χ3n) is 2.57. The fourth-order valence-electron chi connectivity index (χ4n) is 1.85. The molecule has 0 aliphatic heterocycles. The van der Waals surface area contributed by atoms with Gasteiger partial charge in [0, 0.05) is 19.0 Å². The van der Waals surface area contributed by atoms with Gasteiger partial charge in [0.2, 0.25) is 0 Å². The number of nitrogens with one attached hydrogen (secondary N) is 1. The number of rotatable bonds is 1. The normalized spacial score (nSPS) is 10.9. The molecule has 0 fully saturated rings. The van der Waals surface area contributed by atoms with E-state index in [2.05, 4.69) is 32.2 Å². The minimum atomic E-state index is -0.215. The molecule has 1 heterocycles. The summed E-state index contributed by atoms with van der Waals surface area (Å²) in [5.74, 6) is 0. The van der Waals surface area contributed by atoms with Gasteiger partial charge < -0.3 is 4.90 Å². The predicted octanol–water partition coefficient (Wildman–Crippen LogP) is 3.32. The molecule has 18 heavy (non-hydrogen) atoms. The molecule has 0 atom stereocenters. The molecular weight excluding hydrogens is 246 g/mol. The van der Waals surface area contributed by atoms with Gasteiger partial charge in [0.05, 0.1) is 5.56 Å². The predicted molar refractivity (Wildman–Crippen MR) is 75.2 cm³/mol. The Bertz CT molecular complexity index is 504. The van der Waals surface area contributed by atoms with Gasteiger partial charge in [-0.05, 0) is 17.9 Å². The highest BCUT2D eigenvalue weighted by molar-refractivity contribution is 7.16. The summed E-state index contributed by atoms with van der Waals surface area (Å²) in [7, 11) is 3.35. The largest absolute Gasteiger partial charge is 0.331 e. The number of thiophene rings is 1. The third kappa shape index (κ3) is 2.82. The van der Waals surface area contributed by atoms with Crippen LogP contribution >= 0.6 is 11.3 Å². The van der Waals surface area contributed by atoms with Crippen LogP contribution < -0.4 is 5.32 Å². The van der Waals surface area contributed by atoms with E-state index >= 15 is 0 Å². The van der Waals surface area contributed by atoms with Crippen molar-refractivity contribution in [3.8, 4) is 6.07 Å². The van der Waals surface area contributed by atoms with Gasteiger partial charge in [-0.25, -0.2) is 4.79 Å². The summed E-state index contributed by atoms with van der Waals surface area (Å²) in [6, 6.07) is 2.00. The van der Waals surface area contributed by atoms with E-state index in [9.17, 15) is 10.1 Å². The zero-order valence-electron chi connectivity index (χ0n) is 11.7. The molecule has 4 nitrogen and oxygen atoms in total. The van der Waals surface area contributed by atoms with Crippen molar-refractivity contribution < 1.29 is 4.79 Å². The van der Waals surface area contributed by atoms with Crippen LogP contribution in [0, 0.1) is 18.3 Å². The molecule has 1 aromatic rings. The van der Waals surface area contributed by atoms with Gasteiger partial charge in [0.1, 0.15) is 11.1 Å². The lowest BCUT2D eigenvalue weighted by molar-refractivity contribution is 0.231. The lowest BCUT2D eigenvalue weighted by Crippen LogP contribution is -2.27. The Morgan fingerprint density at radius 2 is 1.94 bits per heavy atom. The van der Waals surface area contributed by atoms with E-state index in [4.69, 9.17) is 0 Å². The summed E-state index contributed by atoms with van der Waals surface area (Å²) in [5, 5.41) is 12.7. The van der Waals surface area contributed by atoms with E-state index in [0.717, 1.165) is 10.4 Å². The Hall–Kier alpha value is -1.54. The molecule has 2 amide bonds. The minimum absolute atomic E-state index is 0.104. The molecule has 0 aliphatic rings. The molecule has 1 rings (SSSR count). The second-order valence-corrected chi connectivity index (χ2v) is 6.65. The van der Waals surface area contributed by atoms with Gasteiger partial charge in [-0.15, -0.1) is 11.3 Å². The van der Waals surface area contributed by atoms with Crippen molar-refractivity contribution in [2.75, 3.05) is 19.4 Å². The Kier molecular flexibility index (Phi) is 4.02. The van der Waals surface area contributed by atoms with Crippen LogP contribution in [0.4, 0.5) is 9.80 Å². The smallest absolute Gasteiger partial charge is 0.321 e. The number of aryl methyl sites for hydroxylation is 1. The highest BCUT2D eigenvalue weighted by atomic mass is 32.1. The molecular formula is C13H19N3OS. The number of carbonyl (C=O) groups is 1. The molecule has 0 aromatic carbocycles. The van der Waals surface area contributed by atoms with E-state index in [-0.39, 0.29) is 11.4 Å². The van der Waals surface area contributed by atoms with Gasteiger partial charge in [-0.3, -0.25) is 5.32 Å². The first-order chi connectivity index (χ1) is 8.18. The minimum Gasteiger partial charge on any atom is -0.331 e. The van der Waals surface area contributed by atoms with Gasteiger partial charge >= 0.3 is 6.03 Å². The quantitative estimate of drug-likeness (QED) is 0.846. The van der Waals surface area contributed by atoms with E-state index in [1.54, 1.807) is 14.1 Å².